The number of nitrogens with one attached hydrogen (secondary N) is 1. The maximum absolute atomic E-state index is 14.2. The maximum Gasteiger partial charge on any atom is 0.248 e. The molecule has 9 heteroatoms. The maximum atomic E-state index is 14.2. The number of thiophene rings is 1. The second-order valence-electron chi connectivity index (χ2n) is 9.39. The Balaban J connectivity index is 1.62. The molecule has 0 unspecified atom stereocenters. The van der Waals surface area contributed by atoms with E-state index < -0.39 is 6.04 Å². The number of carbonyl (C=O) groups is 2. The Bertz CT molecular complexity index is 1270. The third-order valence-corrected chi connectivity index (χ3v) is 7.87. The number of nitrogens with zero attached hydrogens (tertiary/aromatic N) is 1. The molecule has 1 saturated carbocycles. The van der Waals surface area contributed by atoms with Crippen molar-refractivity contribution in [3.05, 3.63) is 64.4 Å². The highest BCUT2D eigenvalue weighted by Crippen LogP contribution is 2.42. The summed E-state index contributed by atoms with van der Waals surface area (Å²) in [6, 6.07) is 13.6. The summed E-state index contributed by atoms with van der Waals surface area (Å²) in [5, 5.41) is 5.18. The zero-order chi connectivity index (χ0) is 26.5. The Morgan fingerprint density at radius 3 is 2.58 bits per heavy atom. The summed E-state index contributed by atoms with van der Waals surface area (Å²) in [5.74, 6) is 1.54. The van der Waals surface area contributed by atoms with Gasteiger partial charge in [-0.25, -0.2) is 0 Å². The largest absolute Gasteiger partial charge is 0.493 e. The van der Waals surface area contributed by atoms with Gasteiger partial charge in [-0.2, -0.15) is 0 Å². The number of hydrogen-bond acceptors (Lipinski definition) is 7. The number of rotatable bonds is 9. The SMILES string of the molecule is COc1cccc([C@@H](C(=O)NC2CCCCC2)N(C(=O)Cc2cccs2)c2ccc3c(c2)OCO3)c1OC. The summed E-state index contributed by atoms with van der Waals surface area (Å²) in [6.45, 7) is 0.108. The van der Waals surface area contributed by atoms with Gasteiger partial charge in [-0.3, -0.25) is 14.5 Å². The molecule has 1 aliphatic carbocycles. The van der Waals surface area contributed by atoms with Crippen LogP contribution in [0.4, 0.5) is 5.69 Å². The lowest BCUT2D eigenvalue weighted by Crippen LogP contribution is -2.47. The van der Waals surface area contributed by atoms with E-state index in [2.05, 4.69) is 5.32 Å². The van der Waals surface area contributed by atoms with Crippen molar-refractivity contribution in [1.29, 1.82) is 0 Å². The van der Waals surface area contributed by atoms with Gasteiger partial charge in [0.2, 0.25) is 18.6 Å². The highest BCUT2D eigenvalue weighted by atomic mass is 32.1. The molecule has 0 spiro atoms. The van der Waals surface area contributed by atoms with Crippen molar-refractivity contribution in [3.8, 4) is 23.0 Å². The van der Waals surface area contributed by atoms with Gasteiger partial charge in [0.15, 0.2) is 23.0 Å². The molecule has 2 aromatic carbocycles. The van der Waals surface area contributed by atoms with E-state index in [9.17, 15) is 9.59 Å². The van der Waals surface area contributed by atoms with E-state index in [1.54, 1.807) is 42.3 Å². The van der Waals surface area contributed by atoms with Crippen LogP contribution in [0, 0.1) is 0 Å². The topological polar surface area (TPSA) is 86.3 Å². The molecule has 3 aromatic rings. The van der Waals surface area contributed by atoms with Gasteiger partial charge in [-0.05, 0) is 42.5 Å². The third-order valence-electron chi connectivity index (χ3n) is 6.99. The van der Waals surface area contributed by atoms with Gasteiger partial charge >= 0.3 is 0 Å². The van der Waals surface area contributed by atoms with E-state index >= 15 is 0 Å². The lowest BCUT2D eigenvalue weighted by atomic mass is 9.94. The Kier molecular flexibility index (Phi) is 8.03. The Morgan fingerprint density at radius 2 is 1.84 bits per heavy atom. The van der Waals surface area contributed by atoms with Gasteiger partial charge in [-0.15, -0.1) is 11.3 Å². The zero-order valence-electron chi connectivity index (χ0n) is 21.6. The highest BCUT2D eigenvalue weighted by molar-refractivity contribution is 7.10. The summed E-state index contributed by atoms with van der Waals surface area (Å²) < 4.78 is 22.4. The molecule has 200 valence electrons. The lowest BCUT2D eigenvalue weighted by Gasteiger charge is -2.34. The summed E-state index contributed by atoms with van der Waals surface area (Å²) in [6.07, 6.45) is 5.29. The summed E-state index contributed by atoms with van der Waals surface area (Å²) in [5.41, 5.74) is 1.07. The number of ether oxygens (including phenoxy) is 4. The van der Waals surface area contributed by atoms with Crippen molar-refractivity contribution in [1.82, 2.24) is 5.32 Å². The molecular weight excluding hydrogens is 504 g/mol. The van der Waals surface area contributed by atoms with Gasteiger partial charge in [0.05, 0.1) is 20.6 Å². The second-order valence-corrected chi connectivity index (χ2v) is 10.4. The number of hydrogen-bond donors (Lipinski definition) is 1. The molecule has 1 atom stereocenters. The van der Waals surface area contributed by atoms with Crippen molar-refractivity contribution in [2.24, 2.45) is 0 Å². The standard InChI is InChI=1S/C29H32N2O6S/c1-34-24-12-6-11-22(28(24)35-2)27(29(33)30-19-8-4-3-5-9-19)31(26(32)17-21-10-7-15-38-21)20-13-14-23-25(16-20)37-18-36-23/h6-7,10-16,19,27H,3-5,8-9,17-18H2,1-2H3,(H,30,33)/t27-/m0/s1. The van der Waals surface area contributed by atoms with Gasteiger partial charge in [0, 0.05) is 28.2 Å². The number of benzene rings is 2. The van der Waals surface area contributed by atoms with E-state index in [0.717, 1.165) is 30.6 Å². The van der Waals surface area contributed by atoms with Gasteiger partial charge in [-0.1, -0.05) is 37.5 Å². The Labute approximate surface area is 226 Å². The predicted molar refractivity (Wildman–Crippen MR) is 145 cm³/mol. The van der Waals surface area contributed by atoms with Crippen LogP contribution >= 0.6 is 11.3 Å². The molecule has 1 N–H and O–H groups in total. The first-order valence-electron chi connectivity index (χ1n) is 12.8. The number of fused-ring (bicyclic) bond motifs is 1. The molecule has 1 aliphatic heterocycles. The van der Waals surface area contributed by atoms with E-state index in [0.29, 0.717) is 34.2 Å². The fourth-order valence-electron chi connectivity index (χ4n) is 5.17. The summed E-state index contributed by atoms with van der Waals surface area (Å²) >= 11 is 1.50. The Hall–Kier alpha value is -3.72. The Morgan fingerprint density at radius 1 is 1.03 bits per heavy atom. The van der Waals surface area contributed by atoms with Crippen LogP contribution in [0.25, 0.3) is 0 Å². The van der Waals surface area contributed by atoms with Crippen LogP contribution in [-0.2, 0) is 16.0 Å². The van der Waals surface area contributed by atoms with Crippen LogP contribution < -0.4 is 29.2 Å². The minimum atomic E-state index is -1.00. The smallest absolute Gasteiger partial charge is 0.248 e. The first kappa shape index (κ1) is 25.9. The highest BCUT2D eigenvalue weighted by Gasteiger charge is 2.37. The normalized spacial score (nSPS) is 15.5. The van der Waals surface area contributed by atoms with Crippen molar-refractivity contribution in [2.75, 3.05) is 25.9 Å². The molecule has 2 amide bonds. The fraction of sp³-hybridized carbons (Fsp3) is 0.379. The van der Waals surface area contributed by atoms with Crippen molar-refractivity contribution in [2.45, 2.75) is 50.6 Å². The van der Waals surface area contributed by atoms with Crippen LogP contribution in [0.1, 0.15) is 48.6 Å². The minimum absolute atomic E-state index is 0.0568. The average molecular weight is 537 g/mol. The van der Waals surface area contributed by atoms with Gasteiger partial charge in [0.1, 0.15) is 6.04 Å². The monoisotopic (exact) mass is 536 g/mol. The molecule has 1 aromatic heterocycles. The summed E-state index contributed by atoms with van der Waals surface area (Å²) in [4.78, 5) is 30.7. The molecule has 0 bridgehead atoms. The van der Waals surface area contributed by atoms with E-state index in [1.807, 2.05) is 23.6 Å². The van der Waals surface area contributed by atoms with E-state index in [1.165, 1.54) is 24.9 Å². The molecule has 1 fully saturated rings. The van der Waals surface area contributed by atoms with E-state index in [4.69, 9.17) is 18.9 Å². The number of para-hydroxylation sites is 1. The molecule has 0 radical (unpaired) electrons. The van der Waals surface area contributed by atoms with Gasteiger partial charge in [0.25, 0.3) is 0 Å². The van der Waals surface area contributed by atoms with Crippen molar-refractivity contribution >= 4 is 28.8 Å². The first-order valence-corrected chi connectivity index (χ1v) is 13.7. The molecule has 2 aliphatic rings. The third kappa shape index (κ3) is 5.43. The van der Waals surface area contributed by atoms with E-state index in [-0.39, 0.29) is 31.1 Å². The second kappa shape index (κ2) is 11.8. The molecule has 8 nitrogen and oxygen atoms in total. The number of carbonyl (C=O) groups excluding carboxylic acids is 2. The average Bonchev–Trinajstić information content (AvgIpc) is 3.63. The molecule has 2 heterocycles. The van der Waals surface area contributed by atoms with Crippen LogP contribution in [0.15, 0.2) is 53.9 Å². The predicted octanol–water partition coefficient (Wildman–Crippen LogP) is 5.26. The fourth-order valence-corrected chi connectivity index (χ4v) is 5.87. The number of methoxy groups -OCH3 is 2. The quantitative estimate of drug-likeness (QED) is 0.402. The minimum Gasteiger partial charge on any atom is -0.493 e. The number of amides is 2. The molecule has 0 saturated heterocycles. The zero-order valence-corrected chi connectivity index (χ0v) is 22.4. The van der Waals surface area contributed by atoms with Crippen molar-refractivity contribution < 1.29 is 28.5 Å². The van der Waals surface area contributed by atoms with Crippen molar-refractivity contribution in [3.63, 3.8) is 0 Å². The summed E-state index contributed by atoms with van der Waals surface area (Å²) in [7, 11) is 3.09. The molecule has 38 heavy (non-hydrogen) atoms. The molecular formula is C29H32N2O6S. The molecule has 5 rings (SSSR count). The van der Waals surface area contributed by atoms with Crippen LogP contribution in [0.3, 0.4) is 0 Å². The van der Waals surface area contributed by atoms with Gasteiger partial charge < -0.3 is 24.3 Å². The van der Waals surface area contributed by atoms with Crippen LogP contribution in [-0.4, -0.2) is 38.9 Å². The van der Waals surface area contributed by atoms with Crippen LogP contribution in [0.2, 0.25) is 0 Å². The van der Waals surface area contributed by atoms with Crippen LogP contribution in [0.5, 0.6) is 23.0 Å². The lowest BCUT2D eigenvalue weighted by molar-refractivity contribution is -0.127. The number of anilines is 1. The first-order chi connectivity index (χ1) is 18.6.